The van der Waals surface area contributed by atoms with Crippen LogP contribution in [0.2, 0.25) is 0 Å². The van der Waals surface area contributed by atoms with Gasteiger partial charge < -0.3 is 0 Å². The molecule has 1 aliphatic rings. The molecule has 0 aromatic heterocycles. The Morgan fingerprint density at radius 2 is 1.53 bits per heavy atom. The van der Waals surface area contributed by atoms with Crippen molar-refractivity contribution in [2.45, 2.75) is 38.0 Å². The van der Waals surface area contributed by atoms with Crippen molar-refractivity contribution in [1.82, 2.24) is 0 Å². The van der Waals surface area contributed by atoms with E-state index in [-0.39, 0.29) is 5.82 Å². The minimum Gasteiger partial charge on any atom is -0.206 e. The summed E-state index contributed by atoms with van der Waals surface area (Å²) in [7, 11) is 0. The first-order valence-corrected chi connectivity index (χ1v) is 7.20. The molecule has 0 aliphatic heterocycles. The van der Waals surface area contributed by atoms with E-state index in [0.29, 0.717) is 5.92 Å². The van der Waals surface area contributed by atoms with Crippen LogP contribution in [0, 0.1) is 5.82 Å². The lowest BCUT2D eigenvalue weighted by Gasteiger charge is -2.24. The summed E-state index contributed by atoms with van der Waals surface area (Å²) in [5.41, 5.74) is 3.02. The Labute approximate surface area is 114 Å². The van der Waals surface area contributed by atoms with Crippen LogP contribution in [0.1, 0.15) is 43.6 Å². The second-order valence-corrected chi connectivity index (χ2v) is 5.41. The topological polar surface area (TPSA) is 0 Å². The highest BCUT2D eigenvalue weighted by atomic mass is 19.1. The van der Waals surface area contributed by atoms with Crippen molar-refractivity contribution in [2.75, 3.05) is 0 Å². The van der Waals surface area contributed by atoms with Gasteiger partial charge in [-0.05, 0) is 36.0 Å². The number of hydrogen-bond donors (Lipinski definition) is 0. The first kappa shape index (κ1) is 12.4. The first-order valence-electron chi connectivity index (χ1n) is 7.20. The second-order valence-electron chi connectivity index (χ2n) is 5.41. The van der Waals surface area contributed by atoms with Gasteiger partial charge in [-0.25, -0.2) is 4.39 Å². The van der Waals surface area contributed by atoms with Crippen molar-refractivity contribution >= 4 is 0 Å². The minimum absolute atomic E-state index is 0.0886. The van der Waals surface area contributed by atoms with E-state index < -0.39 is 0 Å². The van der Waals surface area contributed by atoms with E-state index >= 15 is 0 Å². The van der Waals surface area contributed by atoms with E-state index in [1.807, 2.05) is 36.4 Å². The van der Waals surface area contributed by atoms with Crippen LogP contribution in [0.15, 0.2) is 48.5 Å². The van der Waals surface area contributed by atoms with Gasteiger partial charge in [0.1, 0.15) is 5.82 Å². The zero-order valence-corrected chi connectivity index (χ0v) is 11.1. The summed E-state index contributed by atoms with van der Waals surface area (Å²) in [6.07, 6.45) is 6.27. The molecule has 1 aliphatic carbocycles. The molecule has 1 fully saturated rings. The van der Waals surface area contributed by atoms with Crippen LogP contribution in [-0.2, 0) is 0 Å². The monoisotopic (exact) mass is 254 g/mol. The zero-order chi connectivity index (χ0) is 13.1. The Morgan fingerprint density at radius 3 is 2.26 bits per heavy atom. The number of rotatable bonds is 2. The lowest BCUT2D eigenvalue weighted by Crippen LogP contribution is -2.07. The first-order chi connectivity index (χ1) is 9.36. The molecule has 0 nitrogen and oxygen atoms in total. The number of benzene rings is 2. The van der Waals surface area contributed by atoms with Crippen LogP contribution in [0.25, 0.3) is 11.1 Å². The van der Waals surface area contributed by atoms with Gasteiger partial charge in [-0.15, -0.1) is 0 Å². The summed E-state index contributed by atoms with van der Waals surface area (Å²) in [4.78, 5) is 0. The summed E-state index contributed by atoms with van der Waals surface area (Å²) in [5, 5.41) is 0. The smallest absolute Gasteiger partial charge is 0.131 e. The molecule has 0 saturated heterocycles. The Kier molecular flexibility index (Phi) is 3.63. The van der Waals surface area contributed by atoms with E-state index in [2.05, 4.69) is 6.07 Å². The fourth-order valence-corrected chi connectivity index (χ4v) is 3.20. The summed E-state index contributed by atoms with van der Waals surface area (Å²) in [5.74, 6) is 0.439. The van der Waals surface area contributed by atoms with Crippen molar-refractivity contribution in [3.63, 3.8) is 0 Å². The normalized spacial score (nSPS) is 16.5. The van der Waals surface area contributed by atoms with Gasteiger partial charge in [0.2, 0.25) is 0 Å². The fourth-order valence-electron chi connectivity index (χ4n) is 3.20. The fraction of sp³-hybridized carbons (Fsp3) is 0.333. The van der Waals surface area contributed by atoms with Crippen molar-refractivity contribution in [3.8, 4) is 11.1 Å². The van der Waals surface area contributed by atoms with E-state index in [9.17, 15) is 4.39 Å². The van der Waals surface area contributed by atoms with Crippen LogP contribution in [0.5, 0.6) is 0 Å². The molecule has 1 saturated carbocycles. The van der Waals surface area contributed by atoms with Gasteiger partial charge in [0.05, 0.1) is 0 Å². The quantitative estimate of drug-likeness (QED) is 0.660. The SMILES string of the molecule is Fc1cccc(C2CCCCC2)c1-c1ccccc1. The highest BCUT2D eigenvalue weighted by molar-refractivity contribution is 5.68. The van der Waals surface area contributed by atoms with E-state index in [1.54, 1.807) is 6.07 Å². The van der Waals surface area contributed by atoms with E-state index in [4.69, 9.17) is 0 Å². The van der Waals surface area contributed by atoms with E-state index in [1.165, 1.54) is 37.7 Å². The average molecular weight is 254 g/mol. The van der Waals surface area contributed by atoms with Gasteiger partial charge in [-0.1, -0.05) is 61.7 Å². The molecule has 0 N–H and O–H groups in total. The Morgan fingerprint density at radius 1 is 0.789 bits per heavy atom. The molecule has 0 radical (unpaired) electrons. The van der Waals surface area contributed by atoms with Gasteiger partial charge in [-0.3, -0.25) is 0 Å². The molecule has 2 aromatic rings. The van der Waals surface area contributed by atoms with Crippen LogP contribution in [0.4, 0.5) is 4.39 Å². The Balaban J connectivity index is 2.07. The van der Waals surface area contributed by atoms with Crippen LogP contribution in [0.3, 0.4) is 0 Å². The molecular weight excluding hydrogens is 235 g/mol. The van der Waals surface area contributed by atoms with Gasteiger partial charge in [0, 0.05) is 5.56 Å². The van der Waals surface area contributed by atoms with Gasteiger partial charge >= 0.3 is 0 Å². The molecule has 98 valence electrons. The predicted molar refractivity (Wildman–Crippen MR) is 77.7 cm³/mol. The van der Waals surface area contributed by atoms with E-state index in [0.717, 1.165) is 11.1 Å². The Bertz CT molecular complexity index is 539. The molecule has 3 rings (SSSR count). The van der Waals surface area contributed by atoms with Crippen molar-refractivity contribution in [1.29, 1.82) is 0 Å². The van der Waals surface area contributed by atoms with Gasteiger partial charge in [0.25, 0.3) is 0 Å². The molecule has 0 spiro atoms. The highest BCUT2D eigenvalue weighted by Crippen LogP contribution is 2.39. The maximum Gasteiger partial charge on any atom is 0.131 e. The van der Waals surface area contributed by atoms with Crippen LogP contribution < -0.4 is 0 Å². The lowest BCUT2D eigenvalue weighted by molar-refractivity contribution is 0.443. The third-order valence-electron chi connectivity index (χ3n) is 4.15. The molecule has 1 heteroatoms. The zero-order valence-electron chi connectivity index (χ0n) is 11.1. The minimum atomic E-state index is -0.0886. The lowest BCUT2D eigenvalue weighted by atomic mass is 9.80. The standard InChI is InChI=1S/C18H19F/c19-17-13-7-12-16(14-8-3-1-4-9-14)18(17)15-10-5-2-6-11-15/h2,5-7,10-14H,1,3-4,8-9H2. The summed E-state index contributed by atoms with van der Waals surface area (Å²) < 4.78 is 14.3. The summed E-state index contributed by atoms with van der Waals surface area (Å²) in [6.45, 7) is 0. The summed E-state index contributed by atoms with van der Waals surface area (Å²) >= 11 is 0. The maximum atomic E-state index is 14.3. The van der Waals surface area contributed by atoms with Crippen LogP contribution in [-0.4, -0.2) is 0 Å². The largest absolute Gasteiger partial charge is 0.206 e. The van der Waals surface area contributed by atoms with Crippen LogP contribution >= 0.6 is 0 Å². The predicted octanol–water partition coefficient (Wildman–Crippen LogP) is 5.54. The second kappa shape index (κ2) is 5.56. The summed E-state index contributed by atoms with van der Waals surface area (Å²) in [6, 6.07) is 15.5. The Hall–Kier alpha value is -1.63. The average Bonchev–Trinajstić information content (AvgIpc) is 2.49. The van der Waals surface area contributed by atoms with Crippen molar-refractivity contribution in [2.24, 2.45) is 0 Å². The van der Waals surface area contributed by atoms with Crippen molar-refractivity contribution < 1.29 is 4.39 Å². The maximum absolute atomic E-state index is 14.3. The van der Waals surface area contributed by atoms with Crippen molar-refractivity contribution in [3.05, 3.63) is 59.9 Å². The van der Waals surface area contributed by atoms with Gasteiger partial charge in [-0.2, -0.15) is 0 Å². The molecule has 0 heterocycles. The molecule has 0 unspecified atom stereocenters. The molecule has 2 aromatic carbocycles. The third-order valence-corrected chi connectivity index (χ3v) is 4.15. The molecule has 0 bridgehead atoms. The highest BCUT2D eigenvalue weighted by Gasteiger charge is 2.20. The molecule has 0 atom stereocenters. The number of hydrogen-bond acceptors (Lipinski definition) is 0. The third kappa shape index (κ3) is 2.56. The molecule has 0 amide bonds. The van der Waals surface area contributed by atoms with Gasteiger partial charge in [0.15, 0.2) is 0 Å². The number of halogens is 1. The molecule has 19 heavy (non-hydrogen) atoms. The molecular formula is C18H19F.